The van der Waals surface area contributed by atoms with E-state index in [1.165, 1.54) is 4.68 Å². The van der Waals surface area contributed by atoms with Crippen LogP contribution in [0.15, 0.2) is 10.9 Å². The van der Waals surface area contributed by atoms with Gasteiger partial charge in [-0.25, -0.2) is 4.68 Å². The molecule has 1 aliphatic heterocycles. The van der Waals surface area contributed by atoms with Crippen LogP contribution in [0, 0.1) is 5.92 Å². The Bertz CT molecular complexity index is 611. The average Bonchev–Trinajstić information content (AvgIpc) is 2.94. The van der Waals surface area contributed by atoms with Crippen molar-refractivity contribution >= 4 is 5.91 Å². The van der Waals surface area contributed by atoms with Crippen molar-refractivity contribution in [1.29, 1.82) is 0 Å². The molecule has 0 radical (unpaired) electrons. The molecule has 1 saturated heterocycles. The number of likely N-dealkylation sites (tertiary alicyclic amines) is 1. The summed E-state index contributed by atoms with van der Waals surface area (Å²) in [6.45, 7) is 2.80. The fourth-order valence-corrected chi connectivity index (χ4v) is 3.41. The van der Waals surface area contributed by atoms with E-state index in [2.05, 4.69) is 15.3 Å². The van der Waals surface area contributed by atoms with Crippen molar-refractivity contribution in [1.82, 2.24) is 20.0 Å². The molecule has 2 aliphatic rings. The minimum Gasteiger partial charge on any atom is -0.354 e. The normalized spacial score (nSPS) is 21.6. The van der Waals surface area contributed by atoms with Crippen LogP contribution in [-0.4, -0.2) is 47.3 Å². The lowest BCUT2D eigenvalue weighted by Gasteiger charge is -2.28. The minimum absolute atomic E-state index is 0.0627. The number of aryl methyl sites for hydroxylation is 2. The van der Waals surface area contributed by atoms with Gasteiger partial charge in [-0.2, -0.15) is 5.10 Å². The molecule has 1 unspecified atom stereocenters. The van der Waals surface area contributed by atoms with Crippen LogP contribution in [-0.2, 0) is 24.2 Å². The number of rotatable bonds is 4. The van der Waals surface area contributed by atoms with E-state index in [9.17, 15) is 9.59 Å². The Hall–Kier alpha value is -1.69. The van der Waals surface area contributed by atoms with E-state index in [4.69, 9.17) is 0 Å². The molecular weight excluding hydrogens is 280 g/mol. The Balaban J connectivity index is 1.53. The maximum atomic E-state index is 12.2. The Morgan fingerprint density at radius 1 is 1.41 bits per heavy atom. The SMILES string of the molecule is CN1CCCC(C(=O)NCCn2nc3c(cc2=O)CCC3)C1. The average molecular weight is 304 g/mol. The first-order valence-corrected chi connectivity index (χ1v) is 8.19. The quantitative estimate of drug-likeness (QED) is 0.862. The molecule has 1 atom stereocenters. The zero-order valence-electron chi connectivity index (χ0n) is 13.2. The van der Waals surface area contributed by atoms with E-state index in [0.717, 1.165) is 56.5 Å². The van der Waals surface area contributed by atoms with Gasteiger partial charge in [0.25, 0.3) is 5.56 Å². The summed E-state index contributed by atoms with van der Waals surface area (Å²) in [6.07, 6.45) is 5.02. The number of fused-ring (bicyclic) bond motifs is 1. The number of hydrogen-bond donors (Lipinski definition) is 1. The van der Waals surface area contributed by atoms with Gasteiger partial charge in [-0.15, -0.1) is 0 Å². The first-order valence-electron chi connectivity index (χ1n) is 8.19. The number of aromatic nitrogens is 2. The van der Waals surface area contributed by atoms with Crippen LogP contribution >= 0.6 is 0 Å². The number of carbonyl (C=O) groups is 1. The lowest BCUT2D eigenvalue weighted by molar-refractivity contribution is -0.126. The summed E-state index contributed by atoms with van der Waals surface area (Å²) < 4.78 is 1.48. The Kier molecular flexibility index (Phi) is 4.57. The summed E-state index contributed by atoms with van der Waals surface area (Å²) in [7, 11) is 2.05. The molecule has 1 fully saturated rings. The van der Waals surface area contributed by atoms with E-state index in [1.807, 2.05) is 7.05 Å². The highest BCUT2D eigenvalue weighted by molar-refractivity contribution is 5.78. The molecule has 22 heavy (non-hydrogen) atoms. The van der Waals surface area contributed by atoms with Crippen LogP contribution in [0.5, 0.6) is 0 Å². The summed E-state index contributed by atoms with van der Waals surface area (Å²) in [5, 5.41) is 7.37. The Morgan fingerprint density at radius 3 is 3.09 bits per heavy atom. The van der Waals surface area contributed by atoms with E-state index in [-0.39, 0.29) is 17.4 Å². The third-order valence-electron chi connectivity index (χ3n) is 4.64. The van der Waals surface area contributed by atoms with Crippen molar-refractivity contribution < 1.29 is 4.79 Å². The van der Waals surface area contributed by atoms with Crippen molar-refractivity contribution in [2.24, 2.45) is 5.92 Å². The van der Waals surface area contributed by atoms with Crippen LogP contribution < -0.4 is 10.9 Å². The zero-order chi connectivity index (χ0) is 15.5. The second kappa shape index (κ2) is 6.60. The van der Waals surface area contributed by atoms with Crippen molar-refractivity contribution in [3.8, 4) is 0 Å². The molecule has 0 aromatic carbocycles. The van der Waals surface area contributed by atoms with Gasteiger partial charge in [-0.1, -0.05) is 0 Å². The molecule has 1 aromatic heterocycles. The summed E-state index contributed by atoms with van der Waals surface area (Å²) in [6, 6.07) is 1.70. The van der Waals surface area contributed by atoms with E-state index in [0.29, 0.717) is 13.1 Å². The van der Waals surface area contributed by atoms with Crippen molar-refractivity contribution in [2.75, 3.05) is 26.7 Å². The van der Waals surface area contributed by atoms with Crippen LogP contribution in [0.1, 0.15) is 30.5 Å². The van der Waals surface area contributed by atoms with Gasteiger partial charge in [0.15, 0.2) is 0 Å². The fourth-order valence-electron chi connectivity index (χ4n) is 3.41. The van der Waals surface area contributed by atoms with Gasteiger partial charge in [-0.05, 0) is 51.3 Å². The number of carbonyl (C=O) groups excluding carboxylic acids is 1. The van der Waals surface area contributed by atoms with Crippen molar-refractivity contribution in [3.05, 3.63) is 27.7 Å². The molecule has 3 rings (SSSR count). The monoisotopic (exact) mass is 304 g/mol. The predicted molar refractivity (Wildman–Crippen MR) is 83.8 cm³/mol. The number of hydrogen-bond acceptors (Lipinski definition) is 4. The van der Waals surface area contributed by atoms with E-state index in [1.54, 1.807) is 6.07 Å². The molecule has 1 aromatic rings. The second-order valence-corrected chi connectivity index (χ2v) is 6.42. The topological polar surface area (TPSA) is 67.2 Å². The van der Waals surface area contributed by atoms with Gasteiger partial charge in [0.2, 0.25) is 5.91 Å². The minimum atomic E-state index is -0.0627. The maximum Gasteiger partial charge on any atom is 0.267 e. The van der Waals surface area contributed by atoms with E-state index < -0.39 is 0 Å². The van der Waals surface area contributed by atoms with Gasteiger partial charge in [0, 0.05) is 19.2 Å². The first kappa shape index (κ1) is 15.2. The predicted octanol–water partition coefficient (Wildman–Crippen LogP) is 0.190. The molecule has 0 spiro atoms. The number of piperidine rings is 1. The molecule has 2 heterocycles. The van der Waals surface area contributed by atoms with Gasteiger partial charge < -0.3 is 10.2 Å². The largest absolute Gasteiger partial charge is 0.354 e. The third kappa shape index (κ3) is 3.38. The molecule has 0 saturated carbocycles. The van der Waals surface area contributed by atoms with Crippen LogP contribution in [0.2, 0.25) is 0 Å². The van der Waals surface area contributed by atoms with Gasteiger partial charge in [-0.3, -0.25) is 9.59 Å². The number of amides is 1. The molecular formula is C16H24N4O2. The zero-order valence-corrected chi connectivity index (χ0v) is 13.2. The summed E-state index contributed by atoms with van der Waals surface area (Å²) >= 11 is 0. The lowest BCUT2D eigenvalue weighted by atomic mass is 9.98. The first-order chi connectivity index (χ1) is 10.6. The van der Waals surface area contributed by atoms with Crippen molar-refractivity contribution in [3.63, 3.8) is 0 Å². The van der Waals surface area contributed by atoms with Crippen molar-refractivity contribution in [2.45, 2.75) is 38.6 Å². The molecule has 1 aliphatic carbocycles. The second-order valence-electron chi connectivity index (χ2n) is 6.42. The van der Waals surface area contributed by atoms with Crippen LogP contribution in [0.4, 0.5) is 0 Å². The highest BCUT2D eigenvalue weighted by Gasteiger charge is 2.23. The Labute approximate surface area is 130 Å². The van der Waals surface area contributed by atoms with Crippen LogP contribution in [0.3, 0.4) is 0 Å². The molecule has 1 N–H and O–H groups in total. The van der Waals surface area contributed by atoms with Gasteiger partial charge >= 0.3 is 0 Å². The molecule has 6 nitrogen and oxygen atoms in total. The Morgan fingerprint density at radius 2 is 2.27 bits per heavy atom. The summed E-state index contributed by atoms with van der Waals surface area (Å²) in [5.74, 6) is 0.171. The highest BCUT2D eigenvalue weighted by Crippen LogP contribution is 2.17. The molecule has 120 valence electrons. The molecule has 0 bridgehead atoms. The fraction of sp³-hybridized carbons (Fsp3) is 0.688. The number of nitrogens with one attached hydrogen (secondary N) is 1. The van der Waals surface area contributed by atoms with Crippen LogP contribution in [0.25, 0.3) is 0 Å². The number of nitrogens with zero attached hydrogens (tertiary/aromatic N) is 3. The lowest BCUT2D eigenvalue weighted by Crippen LogP contribution is -2.42. The standard InChI is InChI=1S/C16H24N4O2/c1-19-8-3-5-13(11-19)16(22)17-7-9-20-15(21)10-12-4-2-6-14(12)18-20/h10,13H,2-9,11H2,1H3,(H,17,22). The van der Waals surface area contributed by atoms with Gasteiger partial charge in [0.1, 0.15) is 0 Å². The van der Waals surface area contributed by atoms with Gasteiger partial charge in [0.05, 0.1) is 18.2 Å². The summed E-state index contributed by atoms with van der Waals surface area (Å²) in [5.41, 5.74) is 2.07. The molecule has 1 amide bonds. The third-order valence-corrected chi connectivity index (χ3v) is 4.64. The smallest absolute Gasteiger partial charge is 0.267 e. The van der Waals surface area contributed by atoms with E-state index >= 15 is 0 Å². The highest BCUT2D eigenvalue weighted by atomic mass is 16.2. The summed E-state index contributed by atoms with van der Waals surface area (Å²) in [4.78, 5) is 26.3. The molecule has 6 heteroatoms. The maximum absolute atomic E-state index is 12.2.